The summed E-state index contributed by atoms with van der Waals surface area (Å²) in [4.78, 5) is 4.77. The highest BCUT2D eigenvalue weighted by molar-refractivity contribution is 6.21. The van der Waals surface area contributed by atoms with Gasteiger partial charge in [-0.3, -0.25) is 4.40 Å². The second-order valence-electron chi connectivity index (χ2n) is 8.80. The topological polar surface area (TPSA) is 17.3 Å². The number of pyridine rings is 1. The third-order valence-corrected chi connectivity index (χ3v) is 7.32. The Kier molecular flexibility index (Phi) is 2.77. The van der Waals surface area contributed by atoms with E-state index in [9.17, 15) is 0 Å². The van der Waals surface area contributed by atoms with Gasteiger partial charge in [-0.15, -0.1) is 0 Å². The Morgan fingerprint density at radius 3 is 2.35 bits per heavy atom. The molecular weight excluding hydrogens is 376 g/mol. The third-order valence-electron chi connectivity index (χ3n) is 7.32. The van der Waals surface area contributed by atoms with Gasteiger partial charge in [0.1, 0.15) is 5.65 Å². The van der Waals surface area contributed by atoms with E-state index in [1.807, 2.05) is 6.20 Å². The summed E-state index contributed by atoms with van der Waals surface area (Å²) in [5.41, 5.74) is 13.6. The minimum atomic E-state index is 0.986. The van der Waals surface area contributed by atoms with Crippen LogP contribution in [0.5, 0.6) is 0 Å². The number of benzene rings is 4. The van der Waals surface area contributed by atoms with Crippen LogP contribution >= 0.6 is 0 Å². The minimum absolute atomic E-state index is 0.986. The van der Waals surface area contributed by atoms with Crippen LogP contribution in [0.25, 0.3) is 49.6 Å². The highest BCUT2D eigenvalue weighted by atomic mass is 15.0. The third kappa shape index (κ3) is 1.87. The summed E-state index contributed by atoms with van der Waals surface area (Å²) in [5.74, 6) is 0. The molecule has 0 unspecified atom stereocenters. The Bertz CT molecular complexity index is 1740. The number of rotatable bonds is 0. The van der Waals surface area contributed by atoms with Crippen LogP contribution in [0, 0.1) is 0 Å². The second kappa shape index (κ2) is 5.41. The van der Waals surface area contributed by atoms with Gasteiger partial charge in [0.15, 0.2) is 0 Å². The zero-order valence-corrected chi connectivity index (χ0v) is 16.9. The van der Waals surface area contributed by atoms with E-state index in [0.717, 1.165) is 18.5 Å². The smallest absolute Gasteiger partial charge is 0.145 e. The molecule has 0 aliphatic heterocycles. The zero-order valence-electron chi connectivity index (χ0n) is 16.9. The molecule has 0 saturated carbocycles. The van der Waals surface area contributed by atoms with Gasteiger partial charge in [0.2, 0.25) is 0 Å². The van der Waals surface area contributed by atoms with Crippen molar-refractivity contribution in [2.75, 3.05) is 0 Å². The molecule has 0 fully saturated rings. The quantitative estimate of drug-likeness (QED) is 0.259. The molecule has 2 aliphatic carbocycles. The van der Waals surface area contributed by atoms with Crippen LogP contribution in [-0.4, -0.2) is 9.38 Å². The van der Waals surface area contributed by atoms with E-state index in [1.165, 1.54) is 66.2 Å². The van der Waals surface area contributed by atoms with Gasteiger partial charge in [-0.25, -0.2) is 4.98 Å². The Morgan fingerprint density at radius 2 is 1.45 bits per heavy atom. The van der Waals surface area contributed by atoms with E-state index < -0.39 is 0 Å². The van der Waals surface area contributed by atoms with Gasteiger partial charge >= 0.3 is 0 Å². The molecule has 0 saturated heterocycles. The van der Waals surface area contributed by atoms with Crippen molar-refractivity contribution in [3.63, 3.8) is 0 Å². The fraction of sp³-hybridized carbons (Fsp3) is 0.0690. The average molecular weight is 394 g/mol. The first-order chi connectivity index (χ1) is 15.4. The molecule has 4 aromatic carbocycles. The molecule has 2 aliphatic rings. The summed E-state index contributed by atoms with van der Waals surface area (Å²) < 4.78 is 2.27. The molecule has 8 rings (SSSR count). The summed E-state index contributed by atoms with van der Waals surface area (Å²) in [6.45, 7) is 0. The molecule has 144 valence electrons. The first-order valence-corrected chi connectivity index (χ1v) is 10.9. The molecule has 0 amide bonds. The van der Waals surface area contributed by atoms with Gasteiger partial charge in [0.25, 0.3) is 0 Å². The fourth-order valence-electron chi connectivity index (χ4n) is 6.05. The maximum absolute atomic E-state index is 4.77. The van der Waals surface area contributed by atoms with Crippen molar-refractivity contribution < 1.29 is 0 Å². The van der Waals surface area contributed by atoms with Gasteiger partial charge in [0, 0.05) is 23.2 Å². The largest absolute Gasteiger partial charge is 0.299 e. The highest BCUT2D eigenvalue weighted by Gasteiger charge is 2.27. The van der Waals surface area contributed by atoms with Gasteiger partial charge < -0.3 is 0 Å². The Hall–Kier alpha value is -3.91. The molecule has 31 heavy (non-hydrogen) atoms. The maximum atomic E-state index is 4.77. The van der Waals surface area contributed by atoms with Crippen LogP contribution in [-0.2, 0) is 12.8 Å². The molecule has 0 radical (unpaired) electrons. The minimum Gasteiger partial charge on any atom is -0.299 e. The van der Waals surface area contributed by atoms with Crippen molar-refractivity contribution in [3.8, 4) is 22.3 Å². The van der Waals surface area contributed by atoms with Crippen molar-refractivity contribution in [1.82, 2.24) is 9.38 Å². The van der Waals surface area contributed by atoms with E-state index in [2.05, 4.69) is 83.4 Å². The molecule has 2 aromatic heterocycles. The number of hydrogen-bond acceptors (Lipinski definition) is 1. The van der Waals surface area contributed by atoms with Crippen molar-refractivity contribution in [1.29, 1.82) is 0 Å². The Balaban J connectivity index is 1.65. The standard InChI is InChI=1S/C29H18N2/c1-3-7-20-18(6-1)16-24-22(20)10-11-23-27(24)28-25(31-14-13-30-29(23)31)12-9-19-15-17-5-2-4-8-21(17)26(19)28/h1-14H,15-16H2. The van der Waals surface area contributed by atoms with E-state index in [1.54, 1.807) is 0 Å². The second-order valence-corrected chi connectivity index (χ2v) is 8.80. The van der Waals surface area contributed by atoms with Crippen LogP contribution in [0.2, 0.25) is 0 Å². The summed E-state index contributed by atoms with van der Waals surface area (Å²) in [6, 6.07) is 27.0. The van der Waals surface area contributed by atoms with E-state index in [0.29, 0.717) is 0 Å². The number of imidazole rings is 1. The lowest BCUT2D eigenvalue weighted by Crippen LogP contribution is -1.96. The van der Waals surface area contributed by atoms with Crippen LogP contribution in [0.3, 0.4) is 0 Å². The lowest BCUT2D eigenvalue weighted by atomic mass is 9.91. The SMILES string of the molecule is c1ccc2c(c1)Cc1c-2ccc2c1c1c3c(ccc1n1ccnc21)Cc1ccccc1-3. The number of fused-ring (bicyclic) bond motifs is 14. The summed E-state index contributed by atoms with van der Waals surface area (Å²) >= 11 is 0. The van der Waals surface area contributed by atoms with Crippen LogP contribution in [0.4, 0.5) is 0 Å². The Morgan fingerprint density at radius 1 is 0.645 bits per heavy atom. The molecular formula is C29H18N2. The summed E-state index contributed by atoms with van der Waals surface area (Å²) in [7, 11) is 0. The predicted octanol–water partition coefficient (Wildman–Crippen LogP) is 6.78. The maximum Gasteiger partial charge on any atom is 0.145 e. The lowest BCUT2D eigenvalue weighted by Gasteiger charge is -2.16. The fourth-order valence-corrected chi connectivity index (χ4v) is 6.05. The zero-order chi connectivity index (χ0) is 20.1. The normalized spacial score (nSPS) is 13.5. The molecule has 2 heterocycles. The van der Waals surface area contributed by atoms with Crippen molar-refractivity contribution in [2.45, 2.75) is 12.8 Å². The van der Waals surface area contributed by atoms with E-state index >= 15 is 0 Å². The Labute approximate surface area is 179 Å². The molecule has 6 aromatic rings. The number of nitrogens with zero attached hydrogens (tertiary/aromatic N) is 2. The first-order valence-electron chi connectivity index (χ1n) is 10.9. The first kappa shape index (κ1) is 15.9. The van der Waals surface area contributed by atoms with Crippen LogP contribution in [0.15, 0.2) is 85.2 Å². The van der Waals surface area contributed by atoms with Crippen molar-refractivity contribution in [3.05, 3.63) is 107 Å². The number of hydrogen-bond donors (Lipinski definition) is 0. The van der Waals surface area contributed by atoms with Gasteiger partial charge in [0.05, 0.1) is 5.52 Å². The van der Waals surface area contributed by atoms with Crippen molar-refractivity contribution >= 4 is 27.3 Å². The average Bonchev–Trinajstić information content (AvgIpc) is 3.53. The molecule has 0 atom stereocenters. The van der Waals surface area contributed by atoms with Gasteiger partial charge in [-0.1, -0.05) is 60.7 Å². The lowest BCUT2D eigenvalue weighted by molar-refractivity contribution is 1.24. The predicted molar refractivity (Wildman–Crippen MR) is 127 cm³/mol. The van der Waals surface area contributed by atoms with E-state index in [-0.39, 0.29) is 0 Å². The molecule has 0 bridgehead atoms. The van der Waals surface area contributed by atoms with Crippen LogP contribution < -0.4 is 0 Å². The van der Waals surface area contributed by atoms with Gasteiger partial charge in [-0.05, 0) is 74.9 Å². The molecule has 2 nitrogen and oxygen atoms in total. The molecule has 2 heteroatoms. The van der Waals surface area contributed by atoms with Crippen molar-refractivity contribution in [2.24, 2.45) is 0 Å². The number of aromatic nitrogens is 2. The molecule has 0 N–H and O–H groups in total. The van der Waals surface area contributed by atoms with E-state index in [4.69, 9.17) is 4.98 Å². The van der Waals surface area contributed by atoms with Crippen LogP contribution in [0.1, 0.15) is 22.3 Å². The highest BCUT2D eigenvalue weighted by Crippen LogP contribution is 2.48. The summed E-state index contributed by atoms with van der Waals surface area (Å²) in [6.07, 6.45) is 6.03. The molecule has 0 spiro atoms. The van der Waals surface area contributed by atoms with Gasteiger partial charge in [-0.2, -0.15) is 0 Å². The monoisotopic (exact) mass is 394 g/mol. The summed E-state index contributed by atoms with van der Waals surface area (Å²) in [5, 5.41) is 4.02.